The molecule has 0 saturated heterocycles. The highest BCUT2D eigenvalue weighted by Gasteiger charge is 2.17. The van der Waals surface area contributed by atoms with Crippen LogP contribution in [0.15, 0.2) is 83.3 Å². The van der Waals surface area contributed by atoms with Gasteiger partial charge in [-0.3, -0.25) is 9.59 Å². The molecule has 4 aromatic rings. The molecule has 0 spiro atoms. The summed E-state index contributed by atoms with van der Waals surface area (Å²) in [6, 6.07) is 25.1. The predicted molar refractivity (Wildman–Crippen MR) is 145 cm³/mol. The van der Waals surface area contributed by atoms with Crippen LogP contribution in [0.5, 0.6) is 5.75 Å². The molecule has 1 aromatic heterocycles. The number of benzene rings is 3. The van der Waals surface area contributed by atoms with Crippen LogP contribution in [0.25, 0.3) is 22.3 Å². The van der Waals surface area contributed by atoms with Gasteiger partial charge in [-0.05, 0) is 66.6 Å². The van der Waals surface area contributed by atoms with E-state index in [1.807, 2.05) is 66.7 Å². The Morgan fingerprint density at radius 2 is 1.73 bits per heavy atom. The number of carbonyl (C=O) groups is 2. The number of rotatable bonds is 12. The lowest BCUT2D eigenvalue weighted by Gasteiger charge is -2.25. The Hall–Kier alpha value is -4.26. The van der Waals surface area contributed by atoms with Gasteiger partial charge in [0.25, 0.3) is 5.91 Å². The lowest BCUT2D eigenvalue weighted by molar-refractivity contribution is -0.136. The first-order chi connectivity index (χ1) is 17.9. The van der Waals surface area contributed by atoms with Crippen LogP contribution in [0, 0.1) is 5.92 Å². The number of carbonyl (C=O) groups excluding carboxylic acids is 1. The summed E-state index contributed by atoms with van der Waals surface area (Å²) >= 11 is 0. The highest BCUT2D eigenvalue weighted by molar-refractivity contribution is 5.94. The Kier molecular flexibility index (Phi) is 8.46. The molecule has 37 heavy (non-hydrogen) atoms. The number of ether oxygens (including phenoxy) is 1. The zero-order valence-corrected chi connectivity index (χ0v) is 21.1. The predicted octanol–water partition coefficient (Wildman–Crippen LogP) is 6.21. The molecule has 0 saturated carbocycles. The van der Waals surface area contributed by atoms with Crippen molar-refractivity contribution in [2.75, 3.05) is 18.5 Å². The number of para-hydroxylation sites is 1. The molecule has 0 radical (unpaired) electrons. The number of carboxylic acid groups (broad SMARTS) is 1. The fourth-order valence-electron chi connectivity index (χ4n) is 3.98. The standard InChI is InChI=1S/C30H32N2O5/c1-3-20(2)26(32-24-12-8-22(9-13-24)30(35)31-17-16-29(33)34)19-36-25-14-10-21(11-15-25)28-18-23-6-4-5-7-27(23)37-28/h4-15,18,20,26,32H,3,16-17,19H2,1-2H3,(H,31,35)(H,33,34)/t20-,26+/m0/s1. The van der Waals surface area contributed by atoms with E-state index in [0.717, 1.165) is 40.2 Å². The molecule has 0 unspecified atom stereocenters. The number of aliphatic carboxylic acids is 1. The molecule has 0 fully saturated rings. The maximum atomic E-state index is 12.2. The van der Waals surface area contributed by atoms with Gasteiger partial charge in [0.15, 0.2) is 0 Å². The molecule has 0 bridgehead atoms. The SMILES string of the molecule is CC[C@H](C)[C@@H](COc1ccc(-c2cc3ccccc3o2)cc1)Nc1ccc(C(=O)NCCC(=O)O)cc1. The van der Waals surface area contributed by atoms with E-state index in [0.29, 0.717) is 18.1 Å². The van der Waals surface area contributed by atoms with Crippen LogP contribution in [-0.2, 0) is 4.79 Å². The van der Waals surface area contributed by atoms with E-state index in [-0.39, 0.29) is 24.9 Å². The molecule has 4 rings (SSSR count). The van der Waals surface area contributed by atoms with Gasteiger partial charge in [0, 0.05) is 28.7 Å². The zero-order valence-electron chi connectivity index (χ0n) is 21.1. The van der Waals surface area contributed by atoms with Crippen molar-refractivity contribution in [1.29, 1.82) is 0 Å². The van der Waals surface area contributed by atoms with Gasteiger partial charge in [0.05, 0.1) is 12.5 Å². The first-order valence-corrected chi connectivity index (χ1v) is 12.5. The lowest BCUT2D eigenvalue weighted by Crippen LogP contribution is -2.33. The van der Waals surface area contributed by atoms with E-state index in [9.17, 15) is 9.59 Å². The van der Waals surface area contributed by atoms with Crippen LogP contribution in [0.4, 0.5) is 5.69 Å². The average Bonchev–Trinajstić information content (AvgIpc) is 3.35. The Labute approximate surface area is 216 Å². The maximum absolute atomic E-state index is 12.2. The Morgan fingerprint density at radius 3 is 2.41 bits per heavy atom. The van der Waals surface area contributed by atoms with E-state index in [2.05, 4.69) is 24.5 Å². The molecule has 7 heteroatoms. The van der Waals surface area contributed by atoms with Gasteiger partial charge >= 0.3 is 5.97 Å². The second kappa shape index (κ2) is 12.1. The van der Waals surface area contributed by atoms with Crippen molar-refractivity contribution >= 4 is 28.5 Å². The van der Waals surface area contributed by atoms with Gasteiger partial charge < -0.3 is 24.9 Å². The van der Waals surface area contributed by atoms with Crippen molar-refractivity contribution in [3.05, 3.63) is 84.4 Å². The molecule has 1 heterocycles. The van der Waals surface area contributed by atoms with Gasteiger partial charge in [-0.1, -0.05) is 38.5 Å². The smallest absolute Gasteiger partial charge is 0.305 e. The summed E-state index contributed by atoms with van der Waals surface area (Å²) in [5.74, 6) is 0.726. The minimum absolute atomic E-state index is 0.0651. The molecule has 0 aliphatic rings. The van der Waals surface area contributed by atoms with Crippen LogP contribution in [-0.4, -0.2) is 36.2 Å². The highest BCUT2D eigenvalue weighted by atomic mass is 16.5. The number of nitrogens with one attached hydrogen (secondary N) is 2. The topological polar surface area (TPSA) is 101 Å². The first kappa shape index (κ1) is 25.8. The van der Waals surface area contributed by atoms with Crippen molar-refractivity contribution < 1.29 is 23.8 Å². The van der Waals surface area contributed by atoms with Crippen molar-refractivity contribution in [3.63, 3.8) is 0 Å². The van der Waals surface area contributed by atoms with Crippen LogP contribution < -0.4 is 15.4 Å². The summed E-state index contributed by atoms with van der Waals surface area (Å²) in [6.07, 6.45) is 0.876. The normalized spacial score (nSPS) is 12.6. The third-order valence-electron chi connectivity index (χ3n) is 6.45. The maximum Gasteiger partial charge on any atom is 0.305 e. The molecular weight excluding hydrogens is 468 g/mol. The second-order valence-corrected chi connectivity index (χ2v) is 9.10. The van der Waals surface area contributed by atoms with Crippen LogP contribution in [0.1, 0.15) is 37.0 Å². The minimum Gasteiger partial charge on any atom is -0.491 e. The number of hydrogen-bond donors (Lipinski definition) is 3. The third kappa shape index (κ3) is 6.91. The average molecular weight is 501 g/mol. The van der Waals surface area contributed by atoms with Gasteiger partial charge in [-0.15, -0.1) is 0 Å². The monoisotopic (exact) mass is 500 g/mol. The van der Waals surface area contributed by atoms with Crippen LogP contribution in [0.3, 0.4) is 0 Å². The van der Waals surface area contributed by atoms with E-state index in [1.54, 1.807) is 12.1 Å². The summed E-state index contributed by atoms with van der Waals surface area (Å²) in [5.41, 5.74) is 3.23. The molecule has 192 valence electrons. The fourth-order valence-corrected chi connectivity index (χ4v) is 3.98. The molecular formula is C30H32N2O5. The number of hydrogen-bond acceptors (Lipinski definition) is 5. The van der Waals surface area contributed by atoms with Crippen LogP contribution in [0.2, 0.25) is 0 Å². The van der Waals surface area contributed by atoms with E-state index in [1.165, 1.54) is 0 Å². The first-order valence-electron chi connectivity index (χ1n) is 12.5. The van der Waals surface area contributed by atoms with Crippen molar-refractivity contribution in [3.8, 4) is 17.1 Å². The number of carboxylic acids is 1. The molecule has 7 nitrogen and oxygen atoms in total. The Morgan fingerprint density at radius 1 is 1.00 bits per heavy atom. The van der Waals surface area contributed by atoms with Crippen LogP contribution >= 0.6 is 0 Å². The van der Waals surface area contributed by atoms with Crippen molar-refractivity contribution in [2.24, 2.45) is 5.92 Å². The largest absolute Gasteiger partial charge is 0.491 e. The lowest BCUT2D eigenvalue weighted by atomic mass is 9.99. The quantitative estimate of drug-likeness (QED) is 0.214. The van der Waals surface area contributed by atoms with Gasteiger partial charge in [-0.2, -0.15) is 0 Å². The number of furan rings is 1. The Bertz CT molecular complexity index is 1300. The van der Waals surface area contributed by atoms with E-state index in [4.69, 9.17) is 14.3 Å². The molecule has 2 atom stereocenters. The summed E-state index contributed by atoms with van der Waals surface area (Å²) in [6.45, 7) is 4.90. The van der Waals surface area contributed by atoms with E-state index < -0.39 is 5.97 Å². The van der Waals surface area contributed by atoms with Crippen molar-refractivity contribution in [1.82, 2.24) is 5.32 Å². The summed E-state index contributed by atoms with van der Waals surface area (Å²) < 4.78 is 12.1. The second-order valence-electron chi connectivity index (χ2n) is 9.10. The minimum atomic E-state index is -0.944. The Balaban J connectivity index is 1.35. The third-order valence-corrected chi connectivity index (χ3v) is 6.45. The van der Waals surface area contributed by atoms with E-state index >= 15 is 0 Å². The van der Waals surface area contributed by atoms with Gasteiger partial charge in [-0.25, -0.2) is 0 Å². The highest BCUT2D eigenvalue weighted by Crippen LogP contribution is 2.29. The molecule has 3 aromatic carbocycles. The zero-order chi connectivity index (χ0) is 26.2. The number of anilines is 1. The summed E-state index contributed by atoms with van der Waals surface area (Å²) in [4.78, 5) is 22.8. The molecule has 1 amide bonds. The molecule has 0 aliphatic heterocycles. The van der Waals surface area contributed by atoms with Gasteiger partial charge in [0.2, 0.25) is 0 Å². The number of fused-ring (bicyclic) bond motifs is 1. The molecule has 3 N–H and O–H groups in total. The molecule has 0 aliphatic carbocycles. The van der Waals surface area contributed by atoms with Gasteiger partial charge in [0.1, 0.15) is 23.7 Å². The van der Waals surface area contributed by atoms with Crippen molar-refractivity contribution in [2.45, 2.75) is 32.7 Å². The summed E-state index contributed by atoms with van der Waals surface area (Å²) in [5, 5.41) is 15.9. The fraction of sp³-hybridized carbons (Fsp3) is 0.267. The summed E-state index contributed by atoms with van der Waals surface area (Å²) in [7, 11) is 0. The number of amides is 1.